The molecule has 0 saturated carbocycles. The van der Waals surface area contributed by atoms with E-state index >= 15 is 0 Å². The fourth-order valence-electron chi connectivity index (χ4n) is 2.85. The van der Waals surface area contributed by atoms with Crippen molar-refractivity contribution in [2.75, 3.05) is 13.1 Å². The Bertz CT molecular complexity index is 189. The van der Waals surface area contributed by atoms with Gasteiger partial charge in [0.25, 0.3) is 0 Å². The van der Waals surface area contributed by atoms with E-state index in [2.05, 4.69) is 44.8 Å². The molecule has 0 aliphatic carbocycles. The molecule has 1 aliphatic heterocycles. The first kappa shape index (κ1) is 14.0. The van der Waals surface area contributed by atoms with Gasteiger partial charge in [-0.05, 0) is 31.7 Å². The predicted octanol–water partition coefficient (Wildman–Crippen LogP) is 2.88. The van der Waals surface area contributed by atoms with Gasteiger partial charge in [-0.15, -0.1) is 0 Å². The molecule has 1 fully saturated rings. The van der Waals surface area contributed by atoms with Gasteiger partial charge in [-0.1, -0.05) is 34.6 Å². The van der Waals surface area contributed by atoms with Gasteiger partial charge >= 0.3 is 0 Å². The summed E-state index contributed by atoms with van der Waals surface area (Å²) >= 11 is 0. The van der Waals surface area contributed by atoms with Crippen LogP contribution >= 0.6 is 0 Å². The summed E-state index contributed by atoms with van der Waals surface area (Å²) in [6.07, 6.45) is 4.06. The van der Waals surface area contributed by atoms with E-state index in [1.54, 1.807) is 0 Å². The van der Waals surface area contributed by atoms with Crippen LogP contribution in [0.4, 0.5) is 0 Å². The molecule has 0 aromatic heterocycles. The maximum Gasteiger partial charge on any atom is 0.0221 e. The fourth-order valence-corrected chi connectivity index (χ4v) is 2.85. The normalized spacial score (nSPS) is 24.6. The SMILES string of the molecule is CCC(CNC(C)C)N1CCCC1C(C)C. The van der Waals surface area contributed by atoms with Crippen molar-refractivity contribution in [3.63, 3.8) is 0 Å². The van der Waals surface area contributed by atoms with Crippen molar-refractivity contribution in [3.05, 3.63) is 0 Å². The van der Waals surface area contributed by atoms with Gasteiger partial charge in [-0.2, -0.15) is 0 Å². The van der Waals surface area contributed by atoms with E-state index in [-0.39, 0.29) is 0 Å². The highest BCUT2D eigenvalue weighted by Gasteiger charge is 2.31. The predicted molar refractivity (Wildman–Crippen MR) is 71.8 cm³/mol. The first-order chi connectivity index (χ1) is 7.56. The molecule has 1 aliphatic rings. The standard InChI is InChI=1S/C14H30N2/c1-6-13(10-15-12(4)5)16-9-7-8-14(16)11(2)3/h11-15H,6-10H2,1-5H3. The van der Waals surface area contributed by atoms with Crippen molar-refractivity contribution < 1.29 is 0 Å². The minimum atomic E-state index is 0.606. The van der Waals surface area contributed by atoms with Crippen molar-refractivity contribution in [3.8, 4) is 0 Å². The summed E-state index contributed by atoms with van der Waals surface area (Å²) in [5.74, 6) is 0.801. The Morgan fingerprint density at radius 3 is 2.44 bits per heavy atom. The van der Waals surface area contributed by atoms with Gasteiger partial charge in [0, 0.05) is 24.7 Å². The van der Waals surface area contributed by atoms with Crippen LogP contribution in [0.1, 0.15) is 53.9 Å². The smallest absolute Gasteiger partial charge is 0.0221 e. The van der Waals surface area contributed by atoms with E-state index in [4.69, 9.17) is 0 Å². The molecule has 2 atom stereocenters. The lowest BCUT2D eigenvalue weighted by Gasteiger charge is -2.35. The largest absolute Gasteiger partial charge is 0.313 e. The summed E-state index contributed by atoms with van der Waals surface area (Å²) in [4.78, 5) is 2.75. The molecule has 96 valence electrons. The number of hydrogen-bond donors (Lipinski definition) is 1. The molecule has 16 heavy (non-hydrogen) atoms. The minimum Gasteiger partial charge on any atom is -0.313 e. The first-order valence-corrected chi connectivity index (χ1v) is 7.05. The maximum atomic E-state index is 3.59. The van der Waals surface area contributed by atoms with E-state index in [0.29, 0.717) is 6.04 Å². The summed E-state index contributed by atoms with van der Waals surface area (Å²) in [6.45, 7) is 14.0. The molecule has 2 nitrogen and oxygen atoms in total. The number of likely N-dealkylation sites (tertiary alicyclic amines) is 1. The average molecular weight is 226 g/mol. The molecule has 2 unspecified atom stereocenters. The van der Waals surface area contributed by atoms with Crippen LogP contribution in [0.3, 0.4) is 0 Å². The van der Waals surface area contributed by atoms with Crippen LogP contribution in [-0.4, -0.2) is 36.1 Å². The van der Waals surface area contributed by atoms with Gasteiger partial charge < -0.3 is 5.32 Å². The van der Waals surface area contributed by atoms with Crippen LogP contribution in [0.15, 0.2) is 0 Å². The number of hydrogen-bond acceptors (Lipinski definition) is 2. The van der Waals surface area contributed by atoms with Crippen LogP contribution in [0.2, 0.25) is 0 Å². The highest BCUT2D eigenvalue weighted by Crippen LogP contribution is 2.26. The monoisotopic (exact) mass is 226 g/mol. The number of rotatable bonds is 6. The second kappa shape index (κ2) is 6.61. The quantitative estimate of drug-likeness (QED) is 0.749. The summed E-state index contributed by atoms with van der Waals surface area (Å²) in [7, 11) is 0. The Morgan fingerprint density at radius 2 is 1.94 bits per heavy atom. The molecule has 0 amide bonds. The van der Waals surface area contributed by atoms with Crippen molar-refractivity contribution in [1.29, 1.82) is 0 Å². The van der Waals surface area contributed by atoms with Crippen LogP contribution in [0, 0.1) is 5.92 Å². The third-order valence-corrected chi connectivity index (χ3v) is 3.81. The Hall–Kier alpha value is -0.0800. The lowest BCUT2D eigenvalue weighted by atomic mass is 10.00. The summed E-state index contributed by atoms with van der Waals surface area (Å²) in [6, 6.07) is 2.16. The average Bonchev–Trinajstić information content (AvgIpc) is 2.67. The molecule has 0 spiro atoms. The van der Waals surface area contributed by atoms with Crippen molar-refractivity contribution in [2.24, 2.45) is 5.92 Å². The Morgan fingerprint density at radius 1 is 1.25 bits per heavy atom. The van der Waals surface area contributed by atoms with E-state index in [1.807, 2.05) is 0 Å². The van der Waals surface area contributed by atoms with E-state index in [0.717, 1.165) is 24.5 Å². The molecule has 2 heteroatoms. The zero-order chi connectivity index (χ0) is 12.1. The molecule has 0 bridgehead atoms. The van der Waals surface area contributed by atoms with Gasteiger partial charge in [0.05, 0.1) is 0 Å². The van der Waals surface area contributed by atoms with Gasteiger partial charge in [-0.3, -0.25) is 4.90 Å². The summed E-state index contributed by atoms with van der Waals surface area (Å²) < 4.78 is 0. The fraction of sp³-hybridized carbons (Fsp3) is 1.00. The van der Waals surface area contributed by atoms with Crippen LogP contribution in [0.5, 0.6) is 0 Å². The molecule has 0 radical (unpaired) electrons. The van der Waals surface area contributed by atoms with Gasteiger partial charge in [0.1, 0.15) is 0 Å². The Kier molecular flexibility index (Phi) is 5.77. The Balaban J connectivity index is 2.50. The molecule has 1 saturated heterocycles. The maximum absolute atomic E-state index is 3.59. The first-order valence-electron chi connectivity index (χ1n) is 7.05. The third kappa shape index (κ3) is 3.74. The molecule has 1 heterocycles. The lowest BCUT2D eigenvalue weighted by molar-refractivity contribution is 0.138. The number of nitrogens with one attached hydrogen (secondary N) is 1. The highest BCUT2D eigenvalue weighted by molar-refractivity contribution is 4.87. The third-order valence-electron chi connectivity index (χ3n) is 3.81. The molecule has 0 aromatic carbocycles. The van der Waals surface area contributed by atoms with Crippen LogP contribution in [0.25, 0.3) is 0 Å². The highest BCUT2D eigenvalue weighted by atomic mass is 15.2. The molecule has 1 N–H and O–H groups in total. The van der Waals surface area contributed by atoms with E-state index < -0.39 is 0 Å². The topological polar surface area (TPSA) is 15.3 Å². The zero-order valence-electron chi connectivity index (χ0n) is 11.8. The molecular weight excluding hydrogens is 196 g/mol. The van der Waals surface area contributed by atoms with E-state index in [1.165, 1.54) is 25.8 Å². The van der Waals surface area contributed by atoms with Gasteiger partial charge in [-0.25, -0.2) is 0 Å². The second-order valence-electron chi connectivity index (χ2n) is 5.82. The summed E-state index contributed by atoms with van der Waals surface area (Å²) in [5, 5.41) is 3.59. The molecule has 0 aromatic rings. The van der Waals surface area contributed by atoms with Gasteiger partial charge in [0.2, 0.25) is 0 Å². The van der Waals surface area contributed by atoms with Crippen molar-refractivity contribution in [2.45, 2.75) is 72.0 Å². The van der Waals surface area contributed by atoms with Crippen molar-refractivity contribution in [1.82, 2.24) is 10.2 Å². The minimum absolute atomic E-state index is 0.606. The molecule has 1 rings (SSSR count). The van der Waals surface area contributed by atoms with Crippen LogP contribution in [-0.2, 0) is 0 Å². The second-order valence-corrected chi connectivity index (χ2v) is 5.82. The Labute approximate surface area is 102 Å². The lowest BCUT2D eigenvalue weighted by Crippen LogP contribution is -2.47. The zero-order valence-corrected chi connectivity index (χ0v) is 11.8. The number of nitrogens with zero attached hydrogens (tertiary/aromatic N) is 1. The summed E-state index contributed by atoms with van der Waals surface area (Å²) in [5.41, 5.74) is 0. The molecular formula is C14H30N2. The van der Waals surface area contributed by atoms with Crippen molar-refractivity contribution >= 4 is 0 Å². The van der Waals surface area contributed by atoms with E-state index in [9.17, 15) is 0 Å². The van der Waals surface area contributed by atoms with Gasteiger partial charge in [0.15, 0.2) is 0 Å². The van der Waals surface area contributed by atoms with Crippen LogP contribution < -0.4 is 5.32 Å².